The average Bonchev–Trinajstić information content (AvgIpc) is 3.14. The molecule has 2 aromatic carbocycles. The zero-order chi connectivity index (χ0) is 20.4. The minimum atomic E-state index is -0.908. The van der Waals surface area contributed by atoms with Gasteiger partial charge in [-0.3, -0.25) is 4.98 Å². The lowest BCUT2D eigenvalue weighted by atomic mass is 9.93. The number of carboxylic acids is 1. The highest BCUT2D eigenvalue weighted by Gasteiger charge is 2.25. The van der Waals surface area contributed by atoms with Gasteiger partial charge >= 0.3 is 5.97 Å². The summed E-state index contributed by atoms with van der Waals surface area (Å²) < 4.78 is 5.96. The summed E-state index contributed by atoms with van der Waals surface area (Å²) >= 11 is 0. The number of aromatic nitrogens is 1. The number of ether oxygens (including phenoxy) is 1. The fourth-order valence-electron chi connectivity index (χ4n) is 3.80. The van der Waals surface area contributed by atoms with Crippen LogP contribution in [0.2, 0.25) is 0 Å². The van der Waals surface area contributed by atoms with E-state index in [1.807, 2.05) is 0 Å². The van der Waals surface area contributed by atoms with Crippen molar-refractivity contribution < 1.29 is 14.6 Å². The highest BCUT2D eigenvalue weighted by molar-refractivity contribution is 5.89. The van der Waals surface area contributed by atoms with Gasteiger partial charge in [-0.05, 0) is 49.6 Å². The highest BCUT2D eigenvalue weighted by Crippen LogP contribution is 2.40. The van der Waals surface area contributed by atoms with Crippen LogP contribution < -0.4 is 9.64 Å². The van der Waals surface area contributed by atoms with Gasteiger partial charge in [0, 0.05) is 48.4 Å². The second-order valence-corrected chi connectivity index (χ2v) is 7.50. The molecule has 0 saturated heterocycles. The lowest BCUT2D eigenvalue weighted by Gasteiger charge is -2.20. The summed E-state index contributed by atoms with van der Waals surface area (Å²) in [5.74, 6) is 0.260. The second kappa shape index (κ2) is 7.95. The molecular weight excluding hydrogens is 364 g/mol. The van der Waals surface area contributed by atoms with Crippen molar-refractivity contribution in [2.24, 2.45) is 0 Å². The summed E-state index contributed by atoms with van der Waals surface area (Å²) in [4.78, 5) is 17.6. The standard InChI is InChI=1S/C24H24N2O3/c1-16-3-7-19(8-4-16)26(2)20-9-10-21-18(15-29-23(21)13-20)6-5-17-14-25-12-11-22(17)24(27)28/h3-4,7-14,18H,5-6,15H2,1-2H3,(H,27,28)/t18-/m1/s1. The Kier molecular flexibility index (Phi) is 5.21. The molecule has 5 heteroatoms. The molecule has 29 heavy (non-hydrogen) atoms. The van der Waals surface area contributed by atoms with Gasteiger partial charge in [-0.2, -0.15) is 0 Å². The van der Waals surface area contributed by atoms with Crippen LogP contribution in [0.5, 0.6) is 5.75 Å². The van der Waals surface area contributed by atoms with Crippen molar-refractivity contribution in [3.8, 4) is 5.75 Å². The molecule has 0 bridgehead atoms. The first-order valence-electron chi connectivity index (χ1n) is 9.76. The molecule has 0 spiro atoms. The Morgan fingerprint density at radius 1 is 1.17 bits per heavy atom. The lowest BCUT2D eigenvalue weighted by Crippen LogP contribution is -2.09. The van der Waals surface area contributed by atoms with Crippen LogP contribution in [-0.2, 0) is 6.42 Å². The first kappa shape index (κ1) is 19.0. The van der Waals surface area contributed by atoms with Gasteiger partial charge in [-0.1, -0.05) is 23.8 Å². The topological polar surface area (TPSA) is 62.7 Å². The van der Waals surface area contributed by atoms with E-state index in [1.54, 1.807) is 12.3 Å². The molecular formula is C24H24N2O3. The maximum absolute atomic E-state index is 11.4. The maximum Gasteiger partial charge on any atom is 0.336 e. The summed E-state index contributed by atoms with van der Waals surface area (Å²) in [6.45, 7) is 2.70. The Balaban J connectivity index is 1.49. The summed E-state index contributed by atoms with van der Waals surface area (Å²) in [6.07, 6.45) is 4.66. The fraction of sp³-hybridized carbons (Fsp3) is 0.250. The van der Waals surface area contributed by atoms with Crippen molar-refractivity contribution in [1.29, 1.82) is 0 Å². The van der Waals surface area contributed by atoms with E-state index in [0.29, 0.717) is 18.6 Å². The molecule has 1 aromatic heterocycles. The zero-order valence-corrected chi connectivity index (χ0v) is 16.6. The molecule has 4 rings (SSSR count). The lowest BCUT2D eigenvalue weighted by molar-refractivity contribution is 0.0695. The van der Waals surface area contributed by atoms with E-state index in [-0.39, 0.29) is 5.92 Å². The van der Waals surface area contributed by atoms with Gasteiger partial charge in [-0.15, -0.1) is 0 Å². The van der Waals surface area contributed by atoms with Gasteiger partial charge in [0.05, 0.1) is 12.2 Å². The number of pyridine rings is 1. The molecule has 148 valence electrons. The van der Waals surface area contributed by atoms with Crippen molar-refractivity contribution in [2.45, 2.75) is 25.7 Å². The van der Waals surface area contributed by atoms with Crippen LogP contribution in [0, 0.1) is 6.92 Å². The first-order chi connectivity index (χ1) is 14.0. The normalized spacial score (nSPS) is 14.9. The molecule has 1 aliphatic heterocycles. The van der Waals surface area contributed by atoms with Crippen LogP contribution in [0.1, 0.15) is 39.4 Å². The van der Waals surface area contributed by atoms with Gasteiger partial charge in [-0.25, -0.2) is 4.79 Å². The molecule has 1 atom stereocenters. The summed E-state index contributed by atoms with van der Waals surface area (Å²) in [5.41, 5.74) is 5.73. The first-order valence-corrected chi connectivity index (χ1v) is 9.76. The quantitative estimate of drug-likeness (QED) is 0.646. The van der Waals surface area contributed by atoms with Gasteiger partial charge in [0.2, 0.25) is 0 Å². The van der Waals surface area contributed by atoms with E-state index >= 15 is 0 Å². The number of carboxylic acid groups (broad SMARTS) is 1. The Labute approximate surface area is 170 Å². The predicted octanol–water partition coefficient (Wildman–Crippen LogP) is 4.96. The van der Waals surface area contributed by atoms with Crippen LogP contribution in [0.25, 0.3) is 0 Å². The molecule has 1 N–H and O–H groups in total. The Morgan fingerprint density at radius 2 is 1.93 bits per heavy atom. The highest BCUT2D eigenvalue weighted by atomic mass is 16.5. The number of carbonyl (C=O) groups is 1. The summed E-state index contributed by atoms with van der Waals surface area (Å²) in [6, 6.07) is 16.3. The van der Waals surface area contributed by atoms with Crippen LogP contribution in [0.3, 0.4) is 0 Å². The van der Waals surface area contributed by atoms with Crippen molar-refractivity contribution in [3.63, 3.8) is 0 Å². The van der Waals surface area contributed by atoms with E-state index in [4.69, 9.17) is 4.74 Å². The molecule has 0 fully saturated rings. The van der Waals surface area contributed by atoms with Gasteiger partial charge < -0.3 is 14.7 Å². The molecule has 5 nitrogen and oxygen atoms in total. The van der Waals surface area contributed by atoms with E-state index in [9.17, 15) is 9.90 Å². The van der Waals surface area contributed by atoms with Crippen molar-refractivity contribution >= 4 is 17.3 Å². The van der Waals surface area contributed by atoms with Crippen molar-refractivity contribution in [3.05, 3.63) is 83.2 Å². The molecule has 0 radical (unpaired) electrons. The number of nitrogens with zero attached hydrogens (tertiary/aromatic N) is 2. The smallest absolute Gasteiger partial charge is 0.336 e. The largest absolute Gasteiger partial charge is 0.493 e. The van der Waals surface area contributed by atoms with Gasteiger partial charge in [0.25, 0.3) is 0 Å². The Bertz CT molecular complexity index is 1030. The summed E-state index contributed by atoms with van der Waals surface area (Å²) in [7, 11) is 2.05. The third kappa shape index (κ3) is 3.94. The van der Waals surface area contributed by atoms with E-state index in [2.05, 4.69) is 66.3 Å². The molecule has 2 heterocycles. The Morgan fingerprint density at radius 3 is 2.69 bits per heavy atom. The second-order valence-electron chi connectivity index (χ2n) is 7.50. The molecule has 3 aromatic rings. The average molecular weight is 388 g/mol. The number of hydrogen-bond acceptors (Lipinski definition) is 4. The zero-order valence-electron chi connectivity index (χ0n) is 16.6. The maximum atomic E-state index is 11.4. The SMILES string of the molecule is Cc1ccc(N(C)c2ccc3c(c2)OC[C@H]3CCc2cnccc2C(=O)O)cc1. The number of anilines is 2. The van der Waals surface area contributed by atoms with Crippen molar-refractivity contribution in [2.75, 3.05) is 18.6 Å². The van der Waals surface area contributed by atoms with Crippen molar-refractivity contribution in [1.82, 2.24) is 4.98 Å². The molecule has 1 aliphatic rings. The number of fused-ring (bicyclic) bond motifs is 1. The third-order valence-electron chi connectivity index (χ3n) is 5.58. The molecule has 0 unspecified atom stereocenters. The molecule has 0 amide bonds. The number of rotatable bonds is 6. The number of benzene rings is 2. The van der Waals surface area contributed by atoms with E-state index in [0.717, 1.165) is 29.1 Å². The minimum absolute atomic E-state index is 0.255. The van der Waals surface area contributed by atoms with Crippen LogP contribution in [-0.4, -0.2) is 29.7 Å². The fourth-order valence-corrected chi connectivity index (χ4v) is 3.80. The van der Waals surface area contributed by atoms with Crippen LogP contribution in [0.15, 0.2) is 60.9 Å². The van der Waals surface area contributed by atoms with Crippen LogP contribution in [0.4, 0.5) is 11.4 Å². The molecule has 0 aliphatic carbocycles. The number of aryl methyl sites for hydroxylation is 2. The monoisotopic (exact) mass is 388 g/mol. The van der Waals surface area contributed by atoms with Gasteiger partial charge in [0.1, 0.15) is 5.75 Å². The minimum Gasteiger partial charge on any atom is -0.493 e. The third-order valence-corrected chi connectivity index (χ3v) is 5.58. The Hall–Kier alpha value is -3.34. The van der Waals surface area contributed by atoms with Gasteiger partial charge in [0.15, 0.2) is 0 Å². The number of hydrogen-bond donors (Lipinski definition) is 1. The molecule has 0 saturated carbocycles. The van der Waals surface area contributed by atoms with E-state index < -0.39 is 5.97 Å². The predicted molar refractivity (Wildman–Crippen MR) is 113 cm³/mol. The number of aromatic carboxylic acids is 1. The summed E-state index contributed by atoms with van der Waals surface area (Å²) in [5, 5.41) is 9.35. The van der Waals surface area contributed by atoms with Crippen LogP contribution >= 0.6 is 0 Å². The van der Waals surface area contributed by atoms with E-state index in [1.165, 1.54) is 17.3 Å².